The molecule has 4 heteroatoms. The first-order chi connectivity index (χ1) is 10.4. The topological polar surface area (TPSA) is 3.24 Å². The van der Waals surface area contributed by atoms with Crippen molar-refractivity contribution < 1.29 is 13.2 Å². The van der Waals surface area contributed by atoms with Crippen molar-refractivity contribution in [3.05, 3.63) is 64.7 Å². The number of alkyl halides is 3. The number of anilines is 1. The molecule has 0 saturated heterocycles. The highest BCUT2D eigenvalue weighted by molar-refractivity contribution is 5.57. The number of hydrogen-bond acceptors (Lipinski definition) is 1. The first-order valence-corrected chi connectivity index (χ1v) is 7.36. The van der Waals surface area contributed by atoms with E-state index in [0.717, 1.165) is 24.5 Å². The fourth-order valence-corrected chi connectivity index (χ4v) is 3.27. The van der Waals surface area contributed by atoms with Crippen LogP contribution in [0.25, 0.3) is 0 Å². The van der Waals surface area contributed by atoms with E-state index in [1.807, 2.05) is 31.0 Å². The van der Waals surface area contributed by atoms with Gasteiger partial charge in [-0.25, -0.2) is 0 Å². The lowest BCUT2D eigenvalue weighted by Gasteiger charge is -2.29. The minimum absolute atomic E-state index is 0.137. The van der Waals surface area contributed by atoms with E-state index in [-0.39, 0.29) is 6.04 Å². The zero-order valence-electron chi connectivity index (χ0n) is 12.6. The Kier molecular flexibility index (Phi) is 3.63. The quantitative estimate of drug-likeness (QED) is 0.743. The fraction of sp³-hybridized carbons (Fsp3) is 0.333. The van der Waals surface area contributed by atoms with Gasteiger partial charge in [0.15, 0.2) is 0 Å². The number of halogens is 3. The molecule has 0 bridgehead atoms. The Morgan fingerprint density at radius 2 is 1.82 bits per heavy atom. The average molecular weight is 305 g/mol. The van der Waals surface area contributed by atoms with Crippen molar-refractivity contribution in [2.24, 2.45) is 0 Å². The summed E-state index contributed by atoms with van der Waals surface area (Å²) < 4.78 is 38.9. The molecule has 0 aromatic heterocycles. The lowest BCUT2D eigenvalue weighted by Crippen LogP contribution is -2.23. The van der Waals surface area contributed by atoms with Crippen LogP contribution >= 0.6 is 0 Å². The Bertz CT molecular complexity index is 691. The predicted molar refractivity (Wildman–Crippen MR) is 82.1 cm³/mol. The van der Waals surface area contributed by atoms with E-state index in [9.17, 15) is 13.2 Å². The molecule has 0 N–H and O–H groups in total. The highest BCUT2D eigenvalue weighted by atomic mass is 19.4. The molecule has 0 aliphatic heterocycles. The molecule has 0 spiro atoms. The number of fused-ring (bicyclic) bond motifs is 1. The average Bonchev–Trinajstić information content (AvgIpc) is 2.89. The first kappa shape index (κ1) is 14.9. The summed E-state index contributed by atoms with van der Waals surface area (Å²) in [5.74, 6) is 0. The van der Waals surface area contributed by atoms with Gasteiger partial charge in [0.1, 0.15) is 0 Å². The van der Waals surface area contributed by atoms with Crippen LogP contribution in [0.1, 0.15) is 34.7 Å². The van der Waals surface area contributed by atoms with E-state index in [0.29, 0.717) is 5.69 Å². The fourth-order valence-electron chi connectivity index (χ4n) is 3.27. The van der Waals surface area contributed by atoms with Gasteiger partial charge in [-0.2, -0.15) is 13.2 Å². The standard InChI is InChI=1S/C18H18F3N/c1-12-7-9-14(18(19,20)21)11-17(12)22(2)16-10-8-13-5-3-4-6-15(13)16/h3-7,9,11,16H,8,10H2,1-2H3. The van der Waals surface area contributed by atoms with Gasteiger partial charge in [0, 0.05) is 12.7 Å². The summed E-state index contributed by atoms with van der Waals surface area (Å²) in [6, 6.07) is 12.3. The van der Waals surface area contributed by atoms with E-state index in [1.54, 1.807) is 6.07 Å². The Hall–Kier alpha value is -1.97. The molecule has 2 aromatic rings. The van der Waals surface area contributed by atoms with Crippen molar-refractivity contribution in [1.82, 2.24) is 0 Å². The summed E-state index contributed by atoms with van der Waals surface area (Å²) in [5, 5.41) is 0. The van der Waals surface area contributed by atoms with Crippen LogP contribution in [0, 0.1) is 6.92 Å². The smallest absolute Gasteiger partial charge is 0.367 e. The van der Waals surface area contributed by atoms with Crippen LogP contribution in [-0.2, 0) is 12.6 Å². The van der Waals surface area contributed by atoms with E-state index in [1.165, 1.54) is 17.2 Å². The van der Waals surface area contributed by atoms with Gasteiger partial charge in [-0.1, -0.05) is 30.3 Å². The summed E-state index contributed by atoms with van der Waals surface area (Å²) >= 11 is 0. The number of nitrogens with zero attached hydrogens (tertiary/aromatic N) is 1. The van der Waals surface area contributed by atoms with Gasteiger partial charge in [-0.3, -0.25) is 0 Å². The molecule has 0 radical (unpaired) electrons. The van der Waals surface area contributed by atoms with E-state index < -0.39 is 11.7 Å². The first-order valence-electron chi connectivity index (χ1n) is 7.36. The van der Waals surface area contributed by atoms with Crippen LogP contribution < -0.4 is 4.90 Å². The Morgan fingerprint density at radius 1 is 1.09 bits per heavy atom. The van der Waals surface area contributed by atoms with Gasteiger partial charge in [0.25, 0.3) is 0 Å². The van der Waals surface area contributed by atoms with Crippen LogP contribution in [0.15, 0.2) is 42.5 Å². The molecule has 0 amide bonds. The molecule has 116 valence electrons. The molecular formula is C18H18F3N. The van der Waals surface area contributed by atoms with Gasteiger partial charge >= 0.3 is 6.18 Å². The van der Waals surface area contributed by atoms with Crippen LogP contribution in [0.5, 0.6) is 0 Å². The highest BCUT2D eigenvalue weighted by Crippen LogP contribution is 2.40. The molecule has 0 saturated carbocycles. The molecule has 22 heavy (non-hydrogen) atoms. The van der Waals surface area contributed by atoms with Crippen LogP contribution in [0.3, 0.4) is 0 Å². The molecule has 1 aliphatic carbocycles. The number of benzene rings is 2. The summed E-state index contributed by atoms with van der Waals surface area (Å²) in [5.41, 5.74) is 3.44. The zero-order chi connectivity index (χ0) is 15.9. The SMILES string of the molecule is Cc1ccc(C(F)(F)F)cc1N(C)C1CCc2ccccc21. The Balaban J connectivity index is 1.98. The second kappa shape index (κ2) is 5.34. The lowest BCUT2D eigenvalue weighted by molar-refractivity contribution is -0.137. The van der Waals surface area contributed by atoms with Gasteiger partial charge in [-0.15, -0.1) is 0 Å². The van der Waals surface area contributed by atoms with Crippen LogP contribution in [0.4, 0.5) is 18.9 Å². The van der Waals surface area contributed by atoms with Crippen molar-refractivity contribution in [3.8, 4) is 0 Å². The third-order valence-corrected chi connectivity index (χ3v) is 4.49. The summed E-state index contributed by atoms with van der Waals surface area (Å²) in [6.45, 7) is 1.85. The minimum atomic E-state index is -4.31. The number of aryl methyl sites for hydroxylation is 2. The van der Waals surface area contributed by atoms with Crippen molar-refractivity contribution in [1.29, 1.82) is 0 Å². The highest BCUT2D eigenvalue weighted by Gasteiger charge is 2.32. The maximum atomic E-state index is 13.0. The van der Waals surface area contributed by atoms with E-state index in [4.69, 9.17) is 0 Å². The third kappa shape index (κ3) is 2.58. The van der Waals surface area contributed by atoms with Crippen molar-refractivity contribution in [3.63, 3.8) is 0 Å². The lowest BCUT2D eigenvalue weighted by atomic mass is 10.0. The minimum Gasteiger partial charge on any atom is -0.367 e. The molecular weight excluding hydrogens is 287 g/mol. The van der Waals surface area contributed by atoms with Gasteiger partial charge in [-0.05, 0) is 48.6 Å². The number of rotatable bonds is 2. The normalized spacial score (nSPS) is 17.4. The van der Waals surface area contributed by atoms with Crippen molar-refractivity contribution in [2.45, 2.75) is 32.0 Å². The molecule has 1 nitrogen and oxygen atoms in total. The van der Waals surface area contributed by atoms with E-state index in [2.05, 4.69) is 12.1 Å². The van der Waals surface area contributed by atoms with Crippen molar-refractivity contribution >= 4 is 5.69 Å². The summed E-state index contributed by atoms with van der Waals surface area (Å²) in [6.07, 6.45) is -2.40. The third-order valence-electron chi connectivity index (χ3n) is 4.49. The largest absolute Gasteiger partial charge is 0.416 e. The van der Waals surface area contributed by atoms with Crippen molar-refractivity contribution in [2.75, 3.05) is 11.9 Å². The van der Waals surface area contributed by atoms with Gasteiger partial charge in [0.2, 0.25) is 0 Å². The molecule has 1 aliphatic rings. The molecule has 1 unspecified atom stereocenters. The molecule has 3 rings (SSSR count). The zero-order valence-corrected chi connectivity index (χ0v) is 12.6. The molecule has 0 heterocycles. The van der Waals surface area contributed by atoms with Gasteiger partial charge in [0.05, 0.1) is 11.6 Å². The molecule has 1 atom stereocenters. The monoisotopic (exact) mass is 305 g/mol. The second-order valence-electron chi connectivity index (χ2n) is 5.86. The van der Waals surface area contributed by atoms with Crippen LogP contribution in [-0.4, -0.2) is 7.05 Å². The van der Waals surface area contributed by atoms with E-state index >= 15 is 0 Å². The maximum Gasteiger partial charge on any atom is 0.416 e. The van der Waals surface area contributed by atoms with Gasteiger partial charge < -0.3 is 4.90 Å². The summed E-state index contributed by atoms with van der Waals surface area (Å²) in [7, 11) is 1.88. The summed E-state index contributed by atoms with van der Waals surface area (Å²) in [4.78, 5) is 1.98. The molecule has 0 fully saturated rings. The Labute approximate surface area is 128 Å². The maximum absolute atomic E-state index is 13.0. The Morgan fingerprint density at radius 3 is 2.55 bits per heavy atom. The number of hydrogen-bond donors (Lipinski definition) is 0. The second-order valence-corrected chi connectivity index (χ2v) is 5.86. The van der Waals surface area contributed by atoms with Crippen LogP contribution in [0.2, 0.25) is 0 Å². The predicted octanol–water partition coefficient (Wildman–Crippen LogP) is 5.14. The molecule has 2 aromatic carbocycles.